The third kappa shape index (κ3) is 4.39. The van der Waals surface area contributed by atoms with Crippen molar-refractivity contribution in [1.82, 2.24) is 19.4 Å². The first kappa shape index (κ1) is 17.9. The molecule has 7 heteroatoms. The fourth-order valence-corrected chi connectivity index (χ4v) is 3.38. The first-order valence-electron chi connectivity index (χ1n) is 9.24. The minimum Gasteiger partial charge on any atom is -0.382 e. The molecule has 0 radical (unpaired) electrons. The van der Waals surface area contributed by atoms with Gasteiger partial charge in [0.25, 0.3) is 5.91 Å². The molecule has 2 aliphatic heterocycles. The maximum absolute atomic E-state index is 12.7. The number of aromatic nitrogens is 2. The average Bonchev–Trinajstić information content (AvgIpc) is 3.17. The zero-order valence-electron chi connectivity index (χ0n) is 15.5. The van der Waals surface area contributed by atoms with E-state index in [-0.39, 0.29) is 5.91 Å². The molecule has 0 aliphatic carbocycles. The minimum atomic E-state index is -0.420. The zero-order chi connectivity index (χ0) is 17.8. The van der Waals surface area contributed by atoms with E-state index in [2.05, 4.69) is 33.5 Å². The largest absolute Gasteiger partial charge is 0.382 e. The number of imidazole rings is 1. The van der Waals surface area contributed by atoms with Gasteiger partial charge in [0.15, 0.2) is 0 Å². The fourth-order valence-electron chi connectivity index (χ4n) is 3.38. The maximum atomic E-state index is 12.7. The Hall–Kier alpha value is -1.89. The van der Waals surface area contributed by atoms with E-state index in [0.29, 0.717) is 12.3 Å². The van der Waals surface area contributed by atoms with Crippen molar-refractivity contribution in [3.63, 3.8) is 0 Å². The monoisotopic (exact) mass is 347 g/mol. The molecule has 0 bridgehead atoms. The number of nitrogens with zero attached hydrogens (tertiary/aromatic N) is 5. The summed E-state index contributed by atoms with van der Waals surface area (Å²) < 4.78 is 2.07. The van der Waals surface area contributed by atoms with Gasteiger partial charge < -0.3 is 19.2 Å². The van der Waals surface area contributed by atoms with Crippen molar-refractivity contribution < 1.29 is 9.63 Å². The molecule has 1 saturated heterocycles. The average molecular weight is 347 g/mol. The van der Waals surface area contributed by atoms with E-state index in [0.717, 1.165) is 57.1 Å². The van der Waals surface area contributed by atoms with Crippen molar-refractivity contribution in [3.05, 3.63) is 18.2 Å². The van der Waals surface area contributed by atoms with E-state index in [1.54, 1.807) is 0 Å². The Morgan fingerprint density at radius 2 is 2.16 bits per heavy atom. The molecule has 0 saturated carbocycles. The van der Waals surface area contributed by atoms with Crippen molar-refractivity contribution in [2.24, 2.45) is 18.1 Å². The van der Waals surface area contributed by atoms with E-state index in [4.69, 9.17) is 4.84 Å². The van der Waals surface area contributed by atoms with Gasteiger partial charge in [-0.1, -0.05) is 19.0 Å². The van der Waals surface area contributed by atoms with Crippen LogP contribution in [0.4, 0.5) is 0 Å². The van der Waals surface area contributed by atoms with Crippen LogP contribution in [0.25, 0.3) is 0 Å². The van der Waals surface area contributed by atoms with Crippen molar-refractivity contribution in [2.45, 2.75) is 39.2 Å². The lowest BCUT2D eigenvalue weighted by molar-refractivity contribution is -0.141. The Balaban J connectivity index is 1.47. The smallest absolute Gasteiger partial charge is 0.266 e. The number of carbonyl (C=O) groups is 1. The van der Waals surface area contributed by atoms with Crippen LogP contribution in [0, 0.1) is 5.92 Å². The molecule has 1 fully saturated rings. The molecule has 0 aromatic carbocycles. The summed E-state index contributed by atoms with van der Waals surface area (Å²) >= 11 is 0. The normalized spacial score (nSPS) is 22.0. The number of oxime groups is 1. The summed E-state index contributed by atoms with van der Waals surface area (Å²) in [6.07, 6.45) is 5.97. The highest BCUT2D eigenvalue weighted by atomic mass is 16.6. The third-order valence-electron chi connectivity index (χ3n) is 5.11. The molecule has 1 unspecified atom stereocenters. The molecule has 7 nitrogen and oxygen atoms in total. The third-order valence-corrected chi connectivity index (χ3v) is 5.11. The molecular formula is C18H29N5O2. The second kappa shape index (κ2) is 7.99. The summed E-state index contributed by atoms with van der Waals surface area (Å²) in [5.74, 6) is 1.53. The Labute approximate surface area is 149 Å². The standard InChI is InChI=1S/C18H29N5O2/c1-14(2)15-13-16(25-20-15)18(24)23-8-4-7-22(11-12-23)9-5-17-19-6-10-21(17)3/h6,10,14,16H,4-5,7-9,11-13H2,1-3H3. The van der Waals surface area contributed by atoms with E-state index < -0.39 is 6.10 Å². The highest BCUT2D eigenvalue weighted by molar-refractivity contribution is 5.93. The van der Waals surface area contributed by atoms with Crippen LogP contribution in [-0.4, -0.2) is 69.8 Å². The number of carbonyl (C=O) groups excluding carboxylic acids is 1. The van der Waals surface area contributed by atoms with Crippen LogP contribution in [0.1, 0.15) is 32.5 Å². The molecule has 1 atom stereocenters. The van der Waals surface area contributed by atoms with E-state index in [9.17, 15) is 4.79 Å². The number of amides is 1. The lowest BCUT2D eigenvalue weighted by Crippen LogP contribution is -2.41. The Morgan fingerprint density at radius 1 is 1.32 bits per heavy atom. The molecule has 1 aromatic rings. The molecule has 3 rings (SSSR count). The maximum Gasteiger partial charge on any atom is 0.266 e. The topological polar surface area (TPSA) is 63.0 Å². The van der Waals surface area contributed by atoms with Gasteiger partial charge in [-0.25, -0.2) is 4.98 Å². The van der Waals surface area contributed by atoms with Crippen LogP contribution in [0.3, 0.4) is 0 Å². The van der Waals surface area contributed by atoms with Gasteiger partial charge in [0.1, 0.15) is 5.82 Å². The first-order chi connectivity index (χ1) is 12.0. The molecule has 1 aromatic heterocycles. The van der Waals surface area contributed by atoms with E-state index in [1.807, 2.05) is 24.3 Å². The SMILES string of the molecule is CC(C)C1=NOC(C(=O)N2CCCN(CCc3nccn3C)CC2)C1. The molecule has 138 valence electrons. The molecular weight excluding hydrogens is 318 g/mol. The van der Waals surface area contributed by atoms with Gasteiger partial charge in [-0.05, 0) is 18.9 Å². The van der Waals surface area contributed by atoms with Crippen LogP contribution in [0.5, 0.6) is 0 Å². The van der Waals surface area contributed by atoms with Crippen LogP contribution in [0.15, 0.2) is 17.5 Å². The van der Waals surface area contributed by atoms with E-state index >= 15 is 0 Å². The molecule has 3 heterocycles. The summed E-state index contributed by atoms with van der Waals surface area (Å²) in [6, 6.07) is 0. The lowest BCUT2D eigenvalue weighted by Gasteiger charge is -2.23. The van der Waals surface area contributed by atoms with Gasteiger partial charge in [-0.3, -0.25) is 4.79 Å². The highest BCUT2D eigenvalue weighted by Crippen LogP contribution is 2.19. The number of hydrogen-bond donors (Lipinski definition) is 0. The summed E-state index contributed by atoms with van der Waals surface area (Å²) in [6.45, 7) is 8.63. The van der Waals surface area contributed by atoms with Crippen LogP contribution >= 0.6 is 0 Å². The summed E-state index contributed by atoms with van der Waals surface area (Å²) in [5, 5.41) is 4.09. The predicted molar refractivity (Wildman–Crippen MR) is 96.3 cm³/mol. The second-order valence-corrected chi connectivity index (χ2v) is 7.26. The first-order valence-corrected chi connectivity index (χ1v) is 9.24. The van der Waals surface area contributed by atoms with Gasteiger partial charge in [-0.2, -0.15) is 0 Å². The van der Waals surface area contributed by atoms with Gasteiger partial charge in [0, 0.05) is 58.5 Å². The van der Waals surface area contributed by atoms with E-state index in [1.165, 1.54) is 0 Å². The summed E-state index contributed by atoms with van der Waals surface area (Å²) in [7, 11) is 2.03. The molecule has 2 aliphatic rings. The number of aryl methyl sites for hydroxylation is 1. The fraction of sp³-hybridized carbons (Fsp3) is 0.722. The van der Waals surface area contributed by atoms with Crippen LogP contribution < -0.4 is 0 Å². The number of rotatable bonds is 5. The highest BCUT2D eigenvalue weighted by Gasteiger charge is 2.33. The van der Waals surface area contributed by atoms with Gasteiger partial charge >= 0.3 is 0 Å². The summed E-state index contributed by atoms with van der Waals surface area (Å²) in [4.78, 5) is 26.9. The van der Waals surface area contributed by atoms with Crippen molar-refractivity contribution in [1.29, 1.82) is 0 Å². The zero-order valence-corrected chi connectivity index (χ0v) is 15.5. The molecule has 1 amide bonds. The number of hydrogen-bond acceptors (Lipinski definition) is 5. The Kier molecular flexibility index (Phi) is 5.73. The van der Waals surface area contributed by atoms with Crippen molar-refractivity contribution in [3.8, 4) is 0 Å². The Bertz CT molecular complexity index is 625. The predicted octanol–water partition coefficient (Wildman–Crippen LogP) is 1.30. The Morgan fingerprint density at radius 3 is 2.84 bits per heavy atom. The van der Waals surface area contributed by atoms with Crippen molar-refractivity contribution in [2.75, 3.05) is 32.7 Å². The molecule has 0 N–H and O–H groups in total. The van der Waals surface area contributed by atoms with Crippen LogP contribution in [0.2, 0.25) is 0 Å². The van der Waals surface area contributed by atoms with Gasteiger partial charge in [0.2, 0.25) is 6.10 Å². The van der Waals surface area contributed by atoms with Crippen LogP contribution in [-0.2, 0) is 23.1 Å². The molecule has 0 spiro atoms. The van der Waals surface area contributed by atoms with Crippen molar-refractivity contribution >= 4 is 11.6 Å². The quantitative estimate of drug-likeness (QED) is 0.805. The second-order valence-electron chi connectivity index (χ2n) is 7.26. The lowest BCUT2D eigenvalue weighted by atomic mass is 10.0. The van der Waals surface area contributed by atoms with Gasteiger partial charge in [0.05, 0.1) is 5.71 Å². The summed E-state index contributed by atoms with van der Waals surface area (Å²) in [5.41, 5.74) is 0.991. The molecule has 25 heavy (non-hydrogen) atoms. The van der Waals surface area contributed by atoms with Gasteiger partial charge in [-0.15, -0.1) is 0 Å². The minimum absolute atomic E-state index is 0.0883.